The number of nitrogens with zero attached hydrogens (tertiary/aromatic N) is 3. The van der Waals surface area contributed by atoms with E-state index in [4.69, 9.17) is 0 Å². The van der Waals surface area contributed by atoms with Crippen molar-refractivity contribution >= 4 is 45.4 Å². The van der Waals surface area contributed by atoms with E-state index in [0.717, 1.165) is 5.69 Å². The molecule has 41 heavy (non-hydrogen) atoms. The monoisotopic (exact) mass is 601 g/mol. The fourth-order valence-corrected chi connectivity index (χ4v) is 5.10. The Bertz CT molecular complexity index is 1630. The van der Waals surface area contributed by atoms with Gasteiger partial charge in [-0.05, 0) is 36.4 Å². The minimum absolute atomic E-state index is 0.0649. The first-order valence-corrected chi connectivity index (χ1v) is 14.7. The van der Waals surface area contributed by atoms with Crippen LogP contribution in [0.3, 0.4) is 0 Å². The van der Waals surface area contributed by atoms with Crippen molar-refractivity contribution in [2.75, 3.05) is 18.4 Å². The molecule has 2 heterocycles. The minimum Gasteiger partial charge on any atom is -0.351 e. The van der Waals surface area contributed by atoms with Gasteiger partial charge in [-0.2, -0.15) is 4.63 Å². The zero-order chi connectivity index (χ0) is 29.8. The molecule has 0 saturated carbocycles. The molecular weight excluding hydrogens is 570 g/mol. The molecule has 0 saturated heterocycles. The zero-order valence-corrected chi connectivity index (χ0v) is 24.7. The zero-order valence-electron chi connectivity index (χ0n) is 23.1. The van der Waals surface area contributed by atoms with Crippen LogP contribution in [0.1, 0.15) is 65.8 Å². The summed E-state index contributed by atoms with van der Waals surface area (Å²) in [5.41, 5.74) is 2.20. The highest BCUT2D eigenvalue weighted by Gasteiger charge is 2.21. The van der Waals surface area contributed by atoms with E-state index >= 15 is 0 Å². The minimum atomic E-state index is -4.06. The quantitative estimate of drug-likeness (QED) is 0.0660. The van der Waals surface area contributed by atoms with Crippen molar-refractivity contribution in [1.29, 1.82) is 0 Å². The molecule has 4 N–H and O–H groups in total. The Morgan fingerprint density at radius 1 is 1.07 bits per heavy atom. The second kappa shape index (κ2) is 12.3. The summed E-state index contributed by atoms with van der Waals surface area (Å²) in [6, 6.07) is 13.5. The first kappa shape index (κ1) is 30.0. The Kier molecular flexibility index (Phi) is 9.01. The predicted molar refractivity (Wildman–Crippen MR) is 154 cm³/mol. The van der Waals surface area contributed by atoms with Crippen LogP contribution in [0.4, 0.5) is 5.69 Å². The maximum absolute atomic E-state index is 13.0. The maximum Gasteiger partial charge on any atom is 0.262 e. The van der Waals surface area contributed by atoms with E-state index in [1.807, 2.05) is 13.0 Å². The molecule has 0 spiro atoms. The highest BCUT2D eigenvalue weighted by molar-refractivity contribution is 7.93. The number of carbonyl (C=O) groups is 2. The van der Waals surface area contributed by atoms with Crippen molar-refractivity contribution in [1.82, 2.24) is 29.9 Å². The van der Waals surface area contributed by atoms with Gasteiger partial charge in [-0.3, -0.25) is 24.1 Å². The number of benzene rings is 2. The van der Waals surface area contributed by atoms with Crippen LogP contribution < -0.4 is 14.8 Å². The maximum atomic E-state index is 13.0. The van der Waals surface area contributed by atoms with E-state index in [2.05, 4.69) is 59.9 Å². The Labute approximate surface area is 241 Å². The molecule has 0 fully saturated rings. The van der Waals surface area contributed by atoms with Gasteiger partial charge in [0.1, 0.15) is 0 Å². The van der Waals surface area contributed by atoms with E-state index in [9.17, 15) is 18.0 Å². The number of anilines is 1. The highest BCUT2D eigenvalue weighted by atomic mass is 32.2. The Hall–Kier alpha value is -3.92. The average Bonchev–Trinajstić information content (AvgIpc) is 3.52. The molecule has 13 nitrogen and oxygen atoms in total. The van der Waals surface area contributed by atoms with Crippen LogP contribution in [0, 0.1) is 0 Å². The van der Waals surface area contributed by atoms with E-state index < -0.39 is 15.9 Å². The van der Waals surface area contributed by atoms with Crippen LogP contribution >= 0.6 is 12.2 Å². The van der Waals surface area contributed by atoms with Crippen LogP contribution in [0.2, 0.25) is 0 Å². The first-order chi connectivity index (χ1) is 19.4. The molecule has 1 atom stereocenters. The Morgan fingerprint density at radius 3 is 2.46 bits per heavy atom. The smallest absolute Gasteiger partial charge is 0.262 e. The van der Waals surface area contributed by atoms with Crippen molar-refractivity contribution in [3.8, 4) is 0 Å². The largest absolute Gasteiger partial charge is 0.351 e. The molecule has 2 aromatic carbocycles. The Morgan fingerprint density at radius 2 is 1.78 bits per heavy atom. The molecule has 2 aromatic heterocycles. The lowest BCUT2D eigenvalue weighted by Gasteiger charge is -2.15. The number of nitrogens with one attached hydrogen (secondary N) is 4. The molecule has 0 aliphatic rings. The lowest BCUT2D eigenvalue weighted by Crippen LogP contribution is -2.28. The van der Waals surface area contributed by atoms with Gasteiger partial charge in [0.25, 0.3) is 21.8 Å². The molecular formula is C26H31N7O6S2. The normalized spacial score (nSPS) is 12.7. The molecule has 0 radical (unpaired) electrons. The van der Waals surface area contributed by atoms with Crippen molar-refractivity contribution in [3.63, 3.8) is 0 Å². The van der Waals surface area contributed by atoms with Gasteiger partial charge in [0, 0.05) is 46.5 Å². The van der Waals surface area contributed by atoms with Crippen LogP contribution in [0.25, 0.3) is 5.65 Å². The molecule has 0 bridgehead atoms. The third-order valence-electron chi connectivity index (χ3n) is 5.99. The van der Waals surface area contributed by atoms with E-state index in [-0.39, 0.29) is 45.5 Å². The molecule has 218 valence electrons. The molecule has 0 aliphatic carbocycles. The topological polar surface area (TPSA) is 169 Å². The summed E-state index contributed by atoms with van der Waals surface area (Å²) in [5.74, 6) is -0.544. The SMILES string of the molecule is COOSNC(=O)c1cccc(S(=O)(=O)Nc2cccc(C(=O)NCC(C)c3nc4cc(C(C)(C)C)[nH]n4n3)c2)c1. The summed E-state index contributed by atoms with van der Waals surface area (Å²) in [7, 11) is -2.79. The molecule has 2 amide bonds. The van der Waals surface area contributed by atoms with Crippen molar-refractivity contribution < 1.29 is 27.2 Å². The molecule has 1 unspecified atom stereocenters. The van der Waals surface area contributed by atoms with E-state index in [1.54, 1.807) is 16.8 Å². The summed E-state index contributed by atoms with van der Waals surface area (Å²) >= 11 is 0.549. The lowest BCUT2D eigenvalue weighted by molar-refractivity contribution is -0.160. The molecule has 4 rings (SSSR count). The van der Waals surface area contributed by atoms with Gasteiger partial charge in [0.15, 0.2) is 23.7 Å². The molecule has 0 aliphatic heterocycles. The second-order valence-electron chi connectivity index (χ2n) is 10.2. The standard InChI is InChI=1S/C26H31N7O6S2/c1-16(23-28-22-14-21(26(2,3)4)29-33(22)30-23)15-27-24(34)17-8-6-10-19(12-17)32-41(36,37)20-11-7-9-18(13-20)25(35)31-40-39-38-5/h6-14,16,29,32H,15H2,1-5H3,(H,27,34)(H,31,35). The van der Waals surface area contributed by atoms with Gasteiger partial charge < -0.3 is 5.32 Å². The summed E-state index contributed by atoms with van der Waals surface area (Å²) in [6.07, 6.45) is 0. The summed E-state index contributed by atoms with van der Waals surface area (Å²) in [5, 5.41) is 10.6. The number of rotatable bonds is 11. The third-order valence-corrected chi connectivity index (χ3v) is 7.84. The summed E-state index contributed by atoms with van der Waals surface area (Å²) in [6.45, 7) is 8.46. The number of H-pyrrole nitrogens is 1. The lowest BCUT2D eigenvalue weighted by atomic mass is 9.93. The van der Waals surface area contributed by atoms with Gasteiger partial charge in [-0.1, -0.05) is 39.8 Å². The van der Waals surface area contributed by atoms with Gasteiger partial charge >= 0.3 is 0 Å². The van der Waals surface area contributed by atoms with Crippen LogP contribution in [0.5, 0.6) is 0 Å². The first-order valence-electron chi connectivity index (χ1n) is 12.5. The Balaban J connectivity index is 1.39. The number of aromatic nitrogens is 4. The van der Waals surface area contributed by atoms with Gasteiger partial charge in [0.05, 0.1) is 12.0 Å². The molecule has 15 heteroatoms. The van der Waals surface area contributed by atoms with Gasteiger partial charge in [-0.15, -0.1) is 9.43 Å². The predicted octanol–water partition coefficient (Wildman–Crippen LogP) is 3.56. The number of hydrogen-bond donors (Lipinski definition) is 4. The number of amides is 2. The van der Waals surface area contributed by atoms with Gasteiger partial charge in [0.2, 0.25) is 0 Å². The fraction of sp³-hybridized carbons (Fsp3) is 0.308. The van der Waals surface area contributed by atoms with Crippen LogP contribution in [-0.4, -0.2) is 53.7 Å². The average molecular weight is 602 g/mol. The highest BCUT2D eigenvalue weighted by Crippen LogP contribution is 2.23. The van der Waals surface area contributed by atoms with Crippen molar-refractivity contribution in [2.24, 2.45) is 0 Å². The second-order valence-corrected chi connectivity index (χ2v) is 12.4. The fourth-order valence-electron chi connectivity index (χ4n) is 3.71. The number of fused-ring (bicyclic) bond motifs is 1. The number of aromatic amines is 1. The van der Waals surface area contributed by atoms with E-state index in [1.165, 1.54) is 43.5 Å². The third kappa shape index (κ3) is 7.43. The molecule has 4 aromatic rings. The number of sulfonamides is 1. The number of hydrogen-bond acceptors (Lipinski definition) is 9. The van der Waals surface area contributed by atoms with Crippen molar-refractivity contribution in [3.05, 3.63) is 77.2 Å². The van der Waals surface area contributed by atoms with Crippen molar-refractivity contribution in [2.45, 2.75) is 43.9 Å². The summed E-state index contributed by atoms with van der Waals surface area (Å²) in [4.78, 5) is 33.9. The van der Waals surface area contributed by atoms with Crippen LogP contribution in [-0.2, 0) is 24.7 Å². The van der Waals surface area contributed by atoms with Gasteiger partial charge in [-0.25, -0.2) is 18.3 Å². The number of carbonyl (C=O) groups excluding carboxylic acids is 2. The summed E-state index contributed by atoms with van der Waals surface area (Å²) < 4.78 is 37.0. The van der Waals surface area contributed by atoms with E-state index in [0.29, 0.717) is 23.7 Å². The van der Waals surface area contributed by atoms with Crippen LogP contribution in [0.15, 0.2) is 59.5 Å².